The number of benzene rings is 1. The molecule has 0 unspecified atom stereocenters. The molecule has 2 aliphatic rings. The number of nitrogens with two attached hydrogens (primary N) is 1. The van der Waals surface area contributed by atoms with E-state index < -0.39 is 0 Å². The maximum absolute atomic E-state index is 9.88. The second kappa shape index (κ2) is 7.38. The van der Waals surface area contributed by atoms with Crippen molar-refractivity contribution in [2.75, 3.05) is 38.6 Å². The summed E-state index contributed by atoms with van der Waals surface area (Å²) in [5.41, 5.74) is 8.30. The Labute approximate surface area is 168 Å². The van der Waals surface area contributed by atoms with Gasteiger partial charge in [0, 0.05) is 11.6 Å². The van der Waals surface area contributed by atoms with Crippen LogP contribution in [0.25, 0.3) is 0 Å². The molecule has 2 aliphatic heterocycles. The third-order valence-electron chi connectivity index (χ3n) is 5.67. The van der Waals surface area contributed by atoms with Gasteiger partial charge in [-0.25, -0.2) is 4.57 Å². The molecule has 1 fully saturated rings. The number of furan rings is 1. The lowest BCUT2D eigenvalue weighted by atomic mass is 9.87. The van der Waals surface area contributed by atoms with Gasteiger partial charge in [0.05, 0.1) is 25.4 Å². The fourth-order valence-electron chi connectivity index (χ4n) is 4.10. The van der Waals surface area contributed by atoms with Gasteiger partial charge in [-0.3, -0.25) is 0 Å². The van der Waals surface area contributed by atoms with Crippen LogP contribution >= 0.6 is 0 Å². The van der Waals surface area contributed by atoms with Crippen LogP contribution in [0.3, 0.4) is 0 Å². The van der Waals surface area contributed by atoms with E-state index in [1.54, 1.807) is 24.7 Å². The molecule has 0 spiro atoms. The largest absolute Gasteiger partial charge is 0.508 e. The lowest BCUT2D eigenvalue weighted by Gasteiger charge is -2.26. The average Bonchev–Trinajstić information content (AvgIpc) is 3.27. The van der Waals surface area contributed by atoms with E-state index >= 15 is 0 Å². The highest BCUT2D eigenvalue weighted by molar-refractivity contribution is 5.60. The Morgan fingerprint density at radius 2 is 2.10 bits per heavy atom. The molecule has 1 atom stereocenters. The topological polar surface area (TPSA) is 99.1 Å². The summed E-state index contributed by atoms with van der Waals surface area (Å²) in [5, 5.41) is 9.88. The number of hydrogen-bond donors (Lipinski definition) is 3. The summed E-state index contributed by atoms with van der Waals surface area (Å²) in [5.74, 6) is 2.26. The highest BCUT2D eigenvalue weighted by Gasteiger charge is 2.38. The molecule has 5 rings (SSSR count). The summed E-state index contributed by atoms with van der Waals surface area (Å²) in [6, 6.07) is 8.86. The van der Waals surface area contributed by atoms with Gasteiger partial charge < -0.3 is 29.6 Å². The molecule has 8 heteroatoms. The molecule has 3 aromatic rings. The van der Waals surface area contributed by atoms with Crippen molar-refractivity contribution in [2.45, 2.75) is 12.5 Å². The molecule has 2 aromatic heterocycles. The minimum absolute atomic E-state index is 0.137. The molecular weight excluding hydrogens is 372 g/mol. The maximum atomic E-state index is 9.88. The number of fused-ring (bicyclic) bond motifs is 2. The Hall–Kier alpha value is -3.10. The number of phenolic OH excluding ortho intramolecular Hbond substituents is 1. The van der Waals surface area contributed by atoms with Crippen LogP contribution < -0.4 is 19.9 Å². The second-order valence-electron chi connectivity index (χ2n) is 7.43. The van der Waals surface area contributed by atoms with E-state index in [-0.39, 0.29) is 11.7 Å². The van der Waals surface area contributed by atoms with E-state index in [9.17, 15) is 5.11 Å². The molecule has 0 amide bonds. The second-order valence-corrected chi connectivity index (χ2v) is 7.43. The Morgan fingerprint density at radius 3 is 2.90 bits per heavy atom. The van der Waals surface area contributed by atoms with E-state index in [4.69, 9.17) is 19.6 Å². The number of nitrogens with zero attached hydrogens (tertiary/aromatic N) is 2. The van der Waals surface area contributed by atoms with Crippen LogP contribution in [0.15, 0.2) is 47.3 Å². The molecule has 1 aromatic carbocycles. The first kappa shape index (κ1) is 18.0. The average molecular weight is 396 g/mol. The van der Waals surface area contributed by atoms with Gasteiger partial charge in [-0.1, -0.05) is 11.1 Å². The van der Waals surface area contributed by atoms with Crippen molar-refractivity contribution in [1.29, 1.82) is 0 Å². The van der Waals surface area contributed by atoms with Gasteiger partial charge in [-0.15, -0.1) is 0 Å². The smallest absolute Gasteiger partial charge is 0.306 e. The van der Waals surface area contributed by atoms with E-state index in [1.165, 1.54) is 4.90 Å². The van der Waals surface area contributed by atoms with Crippen molar-refractivity contribution in [1.82, 2.24) is 4.98 Å². The summed E-state index contributed by atoms with van der Waals surface area (Å²) in [6.45, 7) is 5.33. The Morgan fingerprint density at radius 1 is 1.24 bits per heavy atom. The number of rotatable bonds is 4. The van der Waals surface area contributed by atoms with Gasteiger partial charge in [0.25, 0.3) is 0 Å². The van der Waals surface area contributed by atoms with Crippen LogP contribution in [0.2, 0.25) is 0 Å². The van der Waals surface area contributed by atoms with E-state index in [0.29, 0.717) is 17.4 Å². The first-order valence-corrected chi connectivity index (χ1v) is 9.84. The van der Waals surface area contributed by atoms with Crippen LogP contribution in [0.5, 0.6) is 17.4 Å². The molecule has 8 nitrogen and oxygen atoms in total. The lowest BCUT2D eigenvalue weighted by Crippen LogP contribution is -3.14. The van der Waals surface area contributed by atoms with E-state index in [0.717, 1.165) is 56.3 Å². The summed E-state index contributed by atoms with van der Waals surface area (Å²) >= 11 is 0. The van der Waals surface area contributed by atoms with Gasteiger partial charge in [0.2, 0.25) is 12.1 Å². The fraction of sp³-hybridized carbons (Fsp3) is 0.333. The van der Waals surface area contributed by atoms with E-state index in [1.807, 2.05) is 22.8 Å². The Bertz CT molecular complexity index is 1020. The number of aromatic nitrogens is 2. The molecule has 0 aliphatic carbocycles. The number of morpholine rings is 1. The summed E-state index contributed by atoms with van der Waals surface area (Å²) in [7, 11) is 0. The number of phenols is 1. The maximum Gasteiger partial charge on any atom is 0.306 e. The van der Waals surface area contributed by atoms with Crippen molar-refractivity contribution >= 4 is 5.82 Å². The predicted octanol–water partition coefficient (Wildman–Crippen LogP) is 0.451. The van der Waals surface area contributed by atoms with Crippen LogP contribution in [0.4, 0.5) is 5.82 Å². The summed E-state index contributed by atoms with van der Waals surface area (Å²) < 4.78 is 19.1. The van der Waals surface area contributed by atoms with Crippen LogP contribution in [0, 0.1) is 0 Å². The Kier molecular flexibility index (Phi) is 4.57. The quantitative estimate of drug-likeness (QED) is 0.433. The Balaban J connectivity index is 1.53. The molecule has 150 valence electrons. The zero-order valence-electron chi connectivity index (χ0n) is 16.0. The highest BCUT2D eigenvalue weighted by Crippen LogP contribution is 2.48. The monoisotopic (exact) mass is 396 g/mol. The highest BCUT2D eigenvalue weighted by atomic mass is 16.5. The van der Waals surface area contributed by atoms with Gasteiger partial charge in [-0.2, -0.15) is 0 Å². The van der Waals surface area contributed by atoms with Gasteiger partial charge in [0.1, 0.15) is 49.0 Å². The number of anilines is 1. The SMILES string of the molecule is Nc1c2c(nc[n+]1CC[NH+]1CCOCC1)Oc1cc(O)ccc1[C@@H]2c1ccco1. The number of nitrogen functional groups attached to an aromatic ring is 1. The third-order valence-corrected chi connectivity index (χ3v) is 5.67. The minimum atomic E-state index is -0.250. The zero-order chi connectivity index (χ0) is 19.8. The molecule has 4 heterocycles. The van der Waals surface area contributed by atoms with Crippen molar-refractivity contribution in [3.8, 4) is 17.4 Å². The van der Waals surface area contributed by atoms with Crippen LogP contribution in [-0.4, -0.2) is 42.9 Å². The first-order valence-electron chi connectivity index (χ1n) is 9.84. The van der Waals surface area contributed by atoms with Crippen molar-refractivity contribution < 1.29 is 28.5 Å². The number of quaternary nitrogens is 1. The van der Waals surface area contributed by atoms with E-state index in [2.05, 4.69) is 4.98 Å². The van der Waals surface area contributed by atoms with Crippen LogP contribution in [-0.2, 0) is 11.3 Å². The van der Waals surface area contributed by atoms with Gasteiger partial charge >= 0.3 is 5.88 Å². The number of nitrogens with one attached hydrogen (secondary N) is 1. The molecule has 29 heavy (non-hydrogen) atoms. The van der Waals surface area contributed by atoms with Crippen molar-refractivity contribution in [3.63, 3.8) is 0 Å². The zero-order valence-corrected chi connectivity index (χ0v) is 16.0. The normalized spacial score (nSPS) is 18.7. The molecule has 0 radical (unpaired) electrons. The van der Waals surface area contributed by atoms with Gasteiger partial charge in [-0.05, 0) is 18.2 Å². The number of aromatic hydroxyl groups is 1. The van der Waals surface area contributed by atoms with Gasteiger partial charge in [0.15, 0.2) is 0 Å². The summed E-state index contributed by atoms with van der Waals surface area (Å²) in [4.78, 5) is 6.04. The number of hydrogen-bond acceptors (Lipinski definition) is 6. The minimum Gasteiger partial charge on any atom is -0.508 e. The van der Waals surface area contributed by atoms with Crippen molar-refractivity contribution in [2.24, 2.45) is 0 Å². The third kappa shape index (κ3) is 3.30. The molecule has 0 bridgehead atoms. The molecule has 0 saturated carbocycles. The molecule has 1 saturated heterocycles. The predicted molar refractivity (Wildman–Crippen MR) is 103 cm³/mol. The van der Waals surface area contributed by atoms with Crippen LogP contribution in [0.1, 0.15) is 22.8 Å². The molecular formula is C21H24N4O4+2. The summed E-state index contributed by atoms with van der Waals surface area (Å²) in [6.07, 6.45) is 3.37. The first-order chi connectivity index (χ1) is 14.2. The number of ether oxygens (including phenoxy) is 2. The molecule has 4 N–H and O–H groups in total. The fourth-order valence-corrected chi connectivity index (χ4v) is 4.10. The van der Waals surface area contributed by atoms with Crippen molar-refractivity contribution in [3.05, 3.63) is 59.8 Å². The standard InChI is InChI=1S/C21H22N4O4/c22-20-19-18(16-2-1-9-28-16)15-4-3-14(26)12-17(15)29-21(19)23-13-25(20)6-5-24-7-10-27-11-8-24/h1-4,9,12-13,18,22,26H,5-8,10-11H2/p+2/t18-/m1/s1. The lowest BCUT2D eigenvalue weighted by molar-refractivity contribution is -0.925.